The van der Waals surface area contributed by atoms with Gasteiger partial charge in [-0.15, -0.1) is 11.3 Å². The molecule has 21 heteroatoms. The highest BCUT2D eigenvalue weighted by atomic mass is 33.1. The van der Waals surface area contributed by atoms with Crippen molar-refractivity contribution in [2.75, 3.05) is 59.4 Å². The van der Waals surface area contributed by atoms with Gasteiger partial charge in [0, 0.05) is 79.9 Å². The Morgan fingerprint density at radius 3 is 2.15 bits per heavy atom. The Morgan fingerprint density at radius 1 is 0.975 bits per heavy atom. The van der Waals surface area contributed by atoms with E-state index in [0.29, 0.717) is 56.1 Å². The first-order chi connectivity index (χ1) is 39.0. The van der Waals surface area contributed by atoms with Crippen LogP contribution in [0, 0.1) is 28.9 Å². The van der Waals surface area contributed by atoms with Crippen LogP contribution in [0.4, 0.5) is 5.69 Å². The molecule has 3 amide bonds. The van der Waals surface area contributed by atoms with Crippen molar-refractivity contribution in [3.63, 3.8) is 0 Å². The minimum absolute atomic E-state index is 0.0173. The van der Waals surface area contributed by atoms with E-state index in [2.05, 4.69) is 109 Å². The van der Waals surface area contributed by atoms with E-state index in [-0.39, 0.29) is 47.7 Å². The summed E-state index contributed by atoms with van der Waals surface area (Å²) in [7, 11) is 6.38. The van der Waals surface area contributed by atoms with Crippen LogP contribution in [-0.4, -0.2) is 126 Å². The van der Waals surface area contributed by atoms with E-state index in [1.54, 1.807) is 30.5 Å². The highest BCUT2D eigenvalue weighted by molar-refractivity contribution is 8.76. The minimum atomic E-state index is -0.474. The van der Waals surface area contributed by atoms with Gasteiger partial charge in [0.15, 0.2) is 5.03 Å². The molecule has 466 valence electrons. The van der Waals surface area contributed by atoms with Gasteiger partial charge in [-0.2, -0.15) is 0 Å². The molecular weight excluding hydrogens is 1090 g/mol. The average Bonchev–Trinajstić information content (AvgIpc) is 3.93. The number of carbonyl (C=O) groups is 4. The normalized spacial score (nSPS) is 13.1. The van der Waals surface area contributed by atoms with Gasteiger partial charge in [-0.05, 0) is 99.5 Å². The van der Waals surface area contributed by atoms with Crippen molar-refractivity contribution < 1.29 is 38.7 Å². The van der Waals surface area contributed by atoms with E-state index in [1.807, 2.05) is 65.5 Å². The number of likely N-dealkylation sites (N-methyl/N-ethyl adjacent to an activating group) is 1. The summed E-state index contributed by atoms with van der Waals surface area (Å²) >= 11 is 1.70. The number of phenols is 1. The number of unbranched alkanes of at least 4 members (excludes halogenated alkanes) is 2. The van der Waals surface area contributed by atoms with Crippen LogP contribution in [0.1, 0.15) is 177 Å². The first-order valence-electron chi connectivity index (χ1n) is 29.3. The smallest absolute Gasteiger partial charge is 0.302 e. The molecule has 81 heavy (non-hydrogen) atoms. The highest BCUT2D eigenvalue weighted by Gasteiger charge is 2.31. The third-order valence-corrected chi connectivity index (χ3v) is 14.8. The van der Waals surface area contributed by atoms with Crippen molar-refractivity contribution in [2.45, 2.75) is 198 Å². The van der Waals surface area contributed by atoms with Crippen LogP contribution in [-0.2, 0) is 41.5 Å². The van der Waals surface area contributed by atoms with Crippen molar-refractivity contribution in [2.24, 2.45) is 11.8 Å². The molecule has 1 aliphatic heterocycles. The molecular formula is C60H109N9O9S3. The molecule has 4 unspecified atom stereocenters. The second kappa shape index (κ2) is 58.4. The monoisotopic (exact) mass is 1200 g/mol. The summed E-state index contributed by atoms with van der Waals surface area (Å²) in [6, 6.07) is 9.87. The molecule has 0 aliphatic carbocycles. The number of hydrogen-bond donors (Lipinski definition) is 5. The average molecular weight is 1200 g/mol. The molecule has 3 aromatic rings. The lowest BCUT2D eigenvalue weighted by atomic mass is 9.95. The number of amides is 3. The van der Waals surface area contributed by atoms with Crippen molar-refractivity contribution in [1.29, 1.82) is 0 Å². The van der Waals surface area contributed by atoms with Gasteiger partial charge in [0.1, 0.15) is 25.1 Å². The van der Waals surface area contributed by atoms with Gasteiger partial charge in [-0.25, -0.2) is 15.4 Å². The number of hydrazine groups is 1. The Balaban J connectivity index is -0.000000512. The number of ether oxygens (including phenoxy) is 2. The number of aryl methyl sites for hydroxylation is 2. The van der Waals surface area contributed by atoms with Crippen molar-refractivity contribution in [1.82, 2.24) is 41.3 Å². The number of benzene rings is 1. The Morgan fingerprint density at radius 2 is 1.63 bits per heavy atom. The highest BCUT2D eigenvalue weighted by Crippen LogP contribution is 2.35. The summed E-state index contributed by atoms with van der Waals surface area (Å²) in [5.74, 6) is 1.31. The largest absolute Gasteiger partial charge is 0.508 e. The van der Waals surface area contributed by atoms with Crippen LogP contribution in [0.15, 0.2) is 65.3 Å². The Hall–Kier alpha value is -4.80. The summed E-state index contributed by atoms with van der Waals surface area (Å²) in [5, 5.41) is 29.3. The van der Waals surface area contributed by atoms with Crippen LogP contribution < -0.4 is 21.5 Å². The third-order valence-electron chi connectivity index (χ3n) is 11.5. The molecule has 1 aromatic carbocycles. The molecule has 1 saturated heterocycles. The van der Waals surface area contributed by atoms with Crippen LogP contribution >= 0.6 is 32.9 Å². The summed E-state index contributed by atoms with van der Waals surface area (Å²) in [4.78, 5) is 67.2. The maximum atomic E-state index is 13.8. The zero-order chi connectivity index (χ0) is 62.2. The van der Waals surface area contributed by atoms with Gasteiger partial charge < -0.3 is 30.1 Å². The fraction of sp³-hybridized carbons (Fsp3) is 0.667. The van der Waals surface area contributed by atoms with Crippen LogP contribution in [0.25, 0.3) is 0 Å². The standard InChI is InChI=1S/C26H46N4O2S.C9H11NO2.C8H8N2O4S2.C6H14N2O.C4H10.C3H8.2C2H6/c1-7-9-17-32-19-30(16-12-14-24-27-21(4)18-33-24)26(31)25(20(3)8-2)28-22(5)23-13-10-11-15-29(23)6;11-7-10-6-5-8-1-3-9(12)4-2-8;11-6-14-4-5-15-16-8-7(10(12)13)2-1-3-9-8;1-4-5(2)6(9)8-7-3;1-3-4-2;1-3-2;2*1-2/h18,20,23,25,28H,5,7-17,19H2,1-4,6H3;1-4,7,12H,5-6H2,(H,10,11);1-3,6H,4-5H2;5,7H,4H2,1-3H3,(H,8,9);3-4H2,1-2H3;3H2,1-2H3;2*1-2H3. The first-order valence-corrected chi connectivity index (χ1v) is 32.5. The lowest BCUT2D eigenvalue weighted by molar-refractivity contribution is -0.388. The van der Waals surface area contributed by atoms with Crippen molar-refractivity contribution in [3.8, 4) is 5.75 Å². The quantitative estimate of drug-likeness (QED) is 0.0104. The number of aromatic nitrogens is 2. The number of nitro groups is 1. The minimum Gasteiger partial charge on any atom is -0.508 e. The number of hydrogen-bond acceptors (Lipinski definition) is 17. The molecule has 0 saturated carbocycles. The molecule has 18 nitrogen and oxygen atoms in total. The number of thiazole rings is 1. The Kier molecular flexibility index (Phi) is 59.6. The molecule has 0 spiro atoms. The summed E-state index contributed by atoms with van der Waals surface area (Å²) in [6.45, 7) is 37.4. The van der Waals surface area contributed by atoms with E-state index < -0.39 is 4.92 Å². The van der Waals surface area contributed by atoms with Crippen LogP contribution in [0.2, 0.25) is 0 Å². The zero-order valence-electron chi connectivity index (χ0n) is 52.6. The molecule has 4 atom stereocenters. The van der Waals surface area contributed by atoms with Gasteiger partial charge in [0.25, 0.3) is 6.47 Å². The Bertz CT molecular complexity index is 1980. The van der Waals surface area contributed by atoms with Gasteiger partial charge >= 0.3 is 5.69 Å². The van der Waals surface area contributed by atoms with Gasteiger partial charge in [0.05, 0.1) is 9.93 Å². The van der Waals surface area contributed by atoms with Gasteiger partial charge in [0.2, 0.25) is 18.2 Å². The number of piperidine rings is 1. The second-order valence-corrected chi connectivity index (χ2v) is 21.6. The number of phenolic OH excluding ortho intramolecular Hbond substituents is 1. The number of rotatable bonds is 30. The Labute approximate surface area is 501 Å². The van der Waals surface area contributed by atoms with E-state index in [1.165, 1.54) is 72.0 Å². The SMILES string of the molecule is C=C(NC(C(=O)N(CCCc1nc(C)cs1)COCCCC)C(C)CC)C1CCCCN1C.CC.CC.CCC.CCC(C)C(=O)NNC.CCCC.O=CNCCc1ccc(O)cc1.O=COCCSSc1ncccc1[N+](=O)[O-]. The number of carbonyl (C=O) groups excluding carboxylic acids is 4. The molecule has 4 rings (SSSR count). The van der Waals surface area contributed by atoms with Crippen molar-refractivity contribution >= 4 is 63.3 Å². The predicted molar refractivity (Wildman–Crippen MR) is 341 cm³/mol. The molecule has 0 bridgehead atoms. The summed E-state index contributed by atoms with van der Waals surface area (Å²) in [5.41, 5.74) is 8.21. The summed E-state index contributed by atoms with van der Waals surface area (Å²) in [6.07, 6.45) is 16.1. The first kappa shape index (κ1) is 82.7. The maximum Gasteiger partial charge on any atom is 0.302 e. The molecule has 1 aliphatic rings. The predicted octanol–water partition coefficient (Wildman–Crippen LogP) is 13.1. The maximum absolute atomic E-state index is 13.8. The molecule has 3 heterocycles. The molecule has 5 N–H and O–H groups in total. The number of pyridine rings is 1. The zero-order valence-corrected chi connectivity index (χ0v) is 55.1. The molecule has 2 aromatic heterocycles. The van der Waals surface area contributed by atoms with Gasteiger partial charge in [-0.3, -0.25) is 39.6 Å². The number of nitrogens with one attached hydrogen (secondary N) is 4. The van der Waals surface area contributed by atoms with E-state index in [0.717, 1.165) is 79.9 Å². The van der Waals surface area contributed by atoms with Crippen LogP contribution in [0.3, 0.4) is 0 Å². The topological polar surface area (TPSA) is 230 Å². The second-order valence-electron chi connectivity index (χ2n) is 18.2. The van der Waals surface area contributed by atoms with E-state index in [4.69, 9.17) is 9.84 Å². The van der Waals surface area contributed by atoms with Crippen LogP contribution in [0.5, 0.6) is 5.75 Å². The van der Waals surface area contributed by atoms with Gasteiger partial charge in [-0.1, -0.05) is 158 Å². The molecule has 0 radical (unpaired) electrons. The van der Waals surface area contributed by atoms with E-state index >= 15 is 0 Å². The summed E-state index contributed by atoms with van der Waals surface area (Å²) < 4.78 is 10.4. The fourth-order valence-electron chi connectivity index (χ4n) is 6.47. The number of aromatic hydroxyl groups is 1. The third kappa shape index (κ3) is 43.5. The lowest BCUT2D eigenvalue weighted by Gasteiger charge is -2.37. The molecule has 1 fully saturated rings. The lowest BCUT2D eigenvalue weighted by Crippen LogP contribution is -2.53. The van der Waals surface area contributed by atoms with E-state index in [9.17, 15) is 29.3 Å². The van der Waals surface area contributed by atoms with Crippen molar-refractivity contribution in [3.05, 3.63) is 86.6 Å². The number of likely N-dealkylation sites (tertiary alicyclic amines) is 1. The fourth-order valence-corrected chi connectivity index (χ4v) is 9.16. The number of nitrogens with zero attached hydrogens (tertiary/aromatic N) is 5.